The summed E-state index contributed by atoms with van der Waals surface area (Å²) in [7, 11) is 0. The summed E-state index contributed by atoms with van der Waals surface area (Å²) in [6, 6.07) is 17.7. The van der Waals surface area contributed by atoms with Gasteiger partial charge in [-0.25, -0.2) is 4.98 Å². The van der Waals surface area contributed by atoms with E-state index in [-0.39, 0.29) is 6.61 Å². The second-order valence-electron chi connectivity index (χ2n) is 5.96. The zero-order valence-electron chi connectivity index (χ0n) is 14.6. The third-order valence-electron chi connectivity index (χ3n) is 3.94. The zero-order valence-corrected chi connectivity index (χ0v) is 14.6. The van der Waals surface area contributed by atoms with Crippen LogP contribution in [0.3, 0.4) is 0 Å². The summed E-state index contributed by atoms with van der Waals surface area (Å²) in [6.45, 7) is 4.26. The molecule has 128 valence electrons. The fourth-order valence-electron chi connectivity index (χ4n) is 2.59. The Hall–Kier alpha value is -2.72. The van der Waals surface area contributed by atoms with E-state index in [4.69, 9.17) is 9.84 Å². The van der Waals surface area contributed by atoms with E-state index in [1.807, 2.05) is 42.5 Å². The number of aromatic nitrogens is 2. The number of nitrogens with zero attached hydrogens (tertiary/aromatic N) is 2. The van der Waals surface area contributed by atoms with Gasteiger partial charge in [-0.15, -0.1) is 0 Å². The van der Waals surface area contributed by atoms with Crippen LogP contribution in [0, 0.1) is 6.92 Å². The maximum atomic E-state index is 8.99. The van der Waals surface area contributed by atoms with Gasteiger partial charge in [-0.2, -0.15) is 4.98 Å². The maximum absolute atomic E-state index is 8.99. The van der Waals surface area contributed by atoms with E-state index < -0.39 is 0 Å². The molecule has 0 aliphatic carbocycles. The lowest BCUT2D eigenvalue weighted by Crippen LogP contribution is -1.98. The van der Waals surface area contributed by atoms with Crippen LogP contribution in [0.25, 0.3) is 11.4 Å². The Labute approximate surface area is 148 Å². The minimum absolute atomic E-state index is 0.145. The maximum Gasteiger partial charge on any atom is 0.223 e. The molecule has 0 amide bonds. The Balaban J connectivity index is 1.89. The number of aliphatic hydroxyl groups excluding tert-OH is 1. The summed E-state index contributed by atoms with van der Waals surface area (Å²) in [5.74, 6) is 1.94. The van der Waals surface area contributed by atoms with Gasteiger partial charge in [-0.05, 0) is 43.5 Å². The minimum atomic E-state index is 0.145. The SMILES string of the molecule is CCc1cc(Oc2ccc(CCO)cc2)nc(-c2cccc(C)c2)n1. The molecule has 1 N–H and O–H groups in total. The Morgan fingerprint density at radius 3 is 2.48 bits per heavy atom. The topological polar surface area (TPSA) is 55.2 Å². The smallest absolute Gasteiger partial charge is 0.223 e. The average molecular weight is 334 g/mol. The summed E-state index contributed by atoms with van der Waals surface area (Å²) >= 11 is 0. The lowest BCUT2D eigenvalue weighted by molar-refractivity contribution is 0.299. The molecule has 0 aliphatic heterocycles. The van der Waals surface area contributed by atoms with Crippen LogP contribution in [0.4, 0.5) is 0 Å². The summed E-state index contributed by atoms with van der Waals surface area (Å²) < 4.78 is 5.93. The van der Waals surface area contributed by atoms with Crippen molar-refractivity contribution < 1.29 is 9.84 Å². The highest BCUT2D eigenvalue weighted by Crippen LogP contribution is 2.24. The third-order valence-corrected chi connectivity index (χ3v) is 3.94. The highest BCUT2D eigenvalue weighted by Gasteiger charge is 2.08. The van der Waals surface area contributed by atoms with Crippen molar-refractivity contribution >= 4 is 0 Å². The largest absolute Gasteiger partial charge is 0.439 e. The molecule has 0 saturated heterocycles. The zero-order chi connectivity index (χ0) is 17.6. The number of hydrogen-bond acceptors (Lipinski definition) is 4. The van der Waals surface area contributed by atoms with Gasteiger partial charge in [-0.1, -0.05) is 42.8 Å². The first-order valence-corrected chi connectivity index (χ1v) is 8.50. The number of ether oxygens (including phenoxy) is 1. The van der Waals surface area contributed by atoms with Gasteiger partial charge in [-0.3, -0.25) is 0 Å². The third kappa shape index (κ3) is 4.43. The molecule has 0 aliphatic rings. The van der Waals surface area contributed by atoms with Gasteiger partial charge >= 0.3 is 0 Å². The van der Waals surface area contributed by atoms with Gasteiger partial charge < -0.3 is 9.84 Å². The molecule has 3 aromatic rings. The average Bonchev–Trinajstić information content (AvgIpc) is 2.63. The van der Waals surface area contributed by atoms with Crippen LogP contribution in [0.1, 0.15) is 23.7 Å². The molecule has 0 spiro atoms. The van der Waals surface area contributed by atoms with Crippen LogP contribution in [-0.4, -0.2) is 21.7 Å². The van der Waals surface area contributed by atoms with E-state index in [9.17, 15) is 0 Å². The second-order valence-corrected chi connectivity index (χ2v) is 5.96. The number of hydrogen-bond donors (Lipinski definition) is 1. The fraction of sp³-hybridized carbons (Fsp3) is 0.238. The second kappa shape index (κ2) is 7.90. The number of aryl methyl sites for hydroxylation is 2. The number of aliphatic hydroxyl groups is 1. The van der Waals surface area contributed by atoms with Crippen molar-refractivity contribution in [3.8, 4) is 23.0 Å². The number of rotatable bonds is 6. The quantitative estimate of drug-likeness (QED) is 0.728. The molecule has 0 radical (unpaired) electrons. The first kappa shape index (κ1) is 17.1. The molecule has 0 atom stereocenters. The van der Waals surface area contributed by atoms with Crippen molar-refractivity contribution in [2.24, 2.45) is 0 Å². The van der Waals surface area contributed by atoms with Crippen molar-refractivity contribution in [2.75, 3.05) is 6.61 Å². The molecule has 4 heteroatoms. The van der Waals surface area contributed by atoms with Crippen molar-refractivity contribution in [3.05, 3.63) is 71.4 Å². The highest BCUT2D eigenvalue weighted by atomic mass is 16.5. The first-order valence-electron chi connectivity index (χ1n) is 8.50. The van der Waals surface area contributed by atoms with E-state index in [1.165, 1.54) is 5.56 Å². The van der Waals surface area contributed by atoms with Crippen LogP contribution >= 0.6 is 0 Å². The molecular formula is C21H22N2O2. The molecule has 1 aromatic heterocycles. The molecule has 3 rings (SSSR count). The Morgan fingerprint density at radius 2 is 1.80 bits per heavy atom. The summed E-state index contributed by atoms with van der Waals surface area (Å²) in [5, 5.41) is 8.99. The normalized spacial score (nSPS) is 10.7. The molecule has 1 heterocycles. The standard InChI is InChI=1S/C21H22N2O2/c1-3-18-14-20(25-19-9-7-16(8-10-19)11-12-24)23-21(22-18)17-6-4-5-15(2)13-17/h4-10,13-14,24H,3,11-12H2,1-2H3. The van der Waals surface area contributed by atoms with Crippen LogP contribution in [0.5, 0.6) is 11.6 Å². The van der Waals surface area contributed by atoms with Gasteiger partial charge in [0.05, 0.1) is 0 Å². The lowest BCUT2D eigenvalue weighted by Gasteiger charge is -2.10. The van der Waals surface area contributed by atoms with E-state index in [0.29, 0.717) is 18.1 Å². The fourth-order valence-corrected chi connectivity index (χ4v) is 2.59. The molecule has 0 unspecified atom stereocenters. The molecule has 0 saturated carbocycles. The van der Waals surface area contributed by atoms with E-state index in [1.54, 1.807) is 0 Å². The monoisotopic (exact) mass is 334 g/mol. The van der Waals surface area contributed by atoms with E-state index in [2.05, 4.69) is 35.9 Å². The molecule has 25 heavy (non-hydrogen) atoms. The summed E-state index contributed by atoms with van der Waals surface area (Å²) in [5.41, 5.74) is 4.18. The molecule has 0 bridgehead atoms. The first-order chi connectivity index (χ1) is 12.2. The highest BCUT2D eigenvalue weighted by molar-refractivity contribution is 5.57. The van der Waals surface area contributed by atoms with Crippen LogP contribution in [0.2, 0.25) is 0 Å². The van der Waals surface area contributed by atoms with Crippen molar-refractivity contribution in [1.82, 2.24) is 9.97 Å². The van der Waals surface area contributed by atoms with Crippen molar-refractivity contribution in [1.29, 1.82) is 0 Å². The van der Waals surface area contributed by atoms with Gasteiger partial charge in [0.25, 0.3) is 0 Å². The van der Waals surface area contributed by atoms with Crippen molar-refractivity contribution in [2.45, 2.75) is 26.7 Å². The minimum Gasteiger partial charge on any atom is -0.439 e. The van der Waals surface area contributed by atoms with E-state index in [0.717, 1.165) is 29.0 Å². The molecule has 2 aromatic carbocycles. The Bertz CT molecular complexity index is 845. The summed E-state index contributed by atoms with van der Waals surface area (Å²) in [6.07, 6.45) is 1.46. The lowest BCUT2D eigenvalue weighted by atomic mass is 10.1. The Morgan fingerprint density at radius 1 is 1.00 bits per heavy atom. The molecular weight excluding hydrogens is 312 g/mol. The van der Waals surface area contributed by atoms with Gasteiger partial charge in [0.2, 0.25) is 5.88 Å². The van der Waals surface area contributed by atoms with Crippen LogP contribution in [0.15, 0.2) is 54.6 Å². The molecule has 4 nitrogen and oxygen atoms in total. The van der Waals surface area contributed by atoms with E-state index >= 15 is 0 Å². The predicted octanol–water partition coefficient (Wildman–Crippen LogP) is 4.34. The van der Waals surface area contributed by atoms with Crippen LogP contribution in [-0.2, 0) is 12.8 Å². The van der Waals surface area contributed by atoms with Gasteiger partial charge in [0, 0.05) is 23.9 Å². The number of benzene rings is 2. The van der Waals surface area contributed by atoms with Crippen molar-refractivity contribution in [3.63, 3.8) is 0 Å². The van der Waals surface area contributed by atoms with Crippen LogP contribution < -0.4 is 4.74 Å². The Kier molecular flexibility index (Phi) is 5.41. The van der Waals surface area contributed by atoms with Gasteiger partial charge in [0.15, 0.2) is 5.82 Å². The van der Waals surface area contributed by atoms with Gasteiger partial charge in [0.1, 0.15) is 5.75 Å². The molecule has 0 fully saturated rings. The predicted molar refractivity (Wildman–Crippen MR) is 98.9 cm³/mol. The summed E-state index contributed by atoms with van der Waals surface area (Å²) in [4.78, 5) is 9.20.